The second kappa shape index (κ2) is 32.5. The summed E-state index contributed by atoms with van der Waals surface area (Å²) in [6.45, 7) is 23.0. The minimum absolute atomic E-state index is 0.0398. The summed E-state index contributed by atoms with van der Waals surface area (Å²) in [5.74, 6) is 1.14. The molecule has 612 valence electrons. The molecule has 8 aliphatic heterocycles. The second-order valence-corrected chi connectivity index (χ2v) is 44.3. The number of carbonyl (C=O) groups excluding carboxylic acids is 2. The van der Waals surface area contributed by atoms with Gasteiger partial charge >= 0.3 is 0 Å². The molecule has 4 saturated heterocycles. The second-order valence-electron chi connectivity index (χ2n) is 34.9. The van der Waals surface area contributed by atoms with E-state index in [0.29, 0.717) is 116 Å². The lowest BCUT2D eigenvalue weighted by molar-refractivity contribution is -0.114. The first-order valence-corrected chi connectivity index (χ1v) is 48.6. The molecule has 4 aromatic rings. The van der Waals surface area contributed by atoms with E-state index >= 15 is 0 Å². The predicted molar refractivity (Wildman–Crippen MR) is 440 cm³/mol. The molecule has 8 heterocycles. The number of anilines is 2. The number of aryl methyl sites for hydroxylation is 2. The van der Waals surface area contributed by atoms with Crippen molar-refractivity contribution in [3.8, 4) is 11.5 Å². The zero-order chi connectivity index (χ0) is 78.9. The molecule has 6 fully saturated rings. The highest BCUT2D eigenvalue weighted by atomic mass is 35.5. The van der Waals surface area contributed by atoms with Crippen LogP contribution in [0.3, 0.4) is 0 Å². The molecule has 2 spiro atoms. The number of hydrogen-bond donors (Lipinski definition) is 2. The van der Waals surface area contributed by atoms with Gasteiger partial charge < -0.3 is 28.7 Å². The van der Waals surface area contributed by atoms with Gasteiger partial charge in [0.15, 0.2) is 19.7 Å². The van der Waals surface area contributed by atoms with Crippen molar-refractivity contribution in [1.82, 2.24) is 29.0 Å². The fourth-order valence-corrected chi connectivity index (χ4v) is 27.2. The number of rotatable bonds is 8. The van der Waals surface area contributed by atoms with Crippen LogP contribution in [0.25, 0.3) is 0 Å². The van der Waals surface area contributed by atoms with Gasteiger partial charge in [-0.2, -0.15) is 0 Å². The molecule has 14 atom stereocenters. The number of piperazine rings is 2. The molecular weight excluding hydrogens is 1540 g/mol. The molecule has 16 rings (SSSR count). The number of hydrogen-bond acceptors (Lipinski definition) is 20. The van der Waals surface area contributed by atoms with E-state index in [1.165, 1.54) is 22.3 Å². The van der Waals surface area contributed by atoms with Crippen molar-refractivity contribution in [3.05, 3.63) is 141 Å². The van der Waals surface area contributed by atoms with Gasteiger partial charge in [-0.25, -0.2) is 43.1 Å². The number of benzene rings is 4. The van der Waals surface area contributed by atoms with Gasteiger partial charge in [-0.1, -0.05) is 73.5 Å². The van der Waals surface area contributed by atoms with Crippen LogP contribution in [0.15, 0.2) is 97.1 Å². The maximum absolute atomic E-state index is 13.7. The molecule has 0 unspecified atom stereocenters. The largest absolute Gasteiger partial charge is 0.490 e. The molecule has 28 heteroatoms. The third-order valence-corrected chi connectivity index (χ3v) is 35.6. The molecule has 112 heavy (non-hydrogen) atoms. The van der Waals surface area contributed by atoms with Crippen molar-refractivity contribution in [3.63, 3.8) is 0 Å². The van der Waals surface area contributed by atoms with Crippen LogP contribution < -0.4 is 28.7 Å². The van der Waals surface area contributed by atoms with Gasteiger partial charge in [0.05, 0.1) is 58.1 Å². The Morgan fingerprint density at radius 2 is 0.938 bits per heavy atom. The molecule has 12 aliphatic rings. The van der Waals surface area contributed by atoms with Gasteiger partial charge in [0.2, 0.25) is 20.0 Å². The summed E-state index contributed by atoms with van der Waals surface area (Å²) in [7, 11) is -14.2. The zero-order valence-corrected chi connectivity index (χ0v) is 70.6. The highest BCUT2D eigenvalue weighted by Gasteiger charge is 2.54. The number of fused-ring (bicyclic) bond motifs is 10. The summed E-state index contributed by atoms with van der Waals surface area (Å²) in [4.78, 5) is 41.7. The van der Waals surface area contributed by atoms with Crippen molar-refractivity contribution in [1.29, 1.82) is 0 Å². The average Bonchev–Trinajstić information content (AvgIpc) is 1.46. The maximum atomic E-state index is 13.7. The van der Waals surface area contributed by atoms with Gasteiger partial charge in [-0.05, 0) is 223 Å². The number of halogens is 2. The molecule has 4 bridgehead atoms. The van der Waals surface area contributed by atoms with Gasteiger partial charge in [0.25, 0.3) is 11.8 Å². The Labute approximate surface area is 674 Å². The normalized spacial score (nSPS) is 35.1. The first-order chi connectivity index (χ1) is 53.4. The zero-order valence-electron chi connectivity index (χ0n) is 65.8. The average molecular weight is 1660 g/mol. The minimum atomic E-state index is -4.01. The molecule has 2 N–H and O–H groups in total. The molecule has 22 nitrogen and oxygen atoms in total. The molecule has 4 aromatic carbocycles. The fourth-order valence-electron chi connectivity index (χ4n) is 21.1. The summed E-state index contributed by atoms with van der Waals surface area (Å²) in [6.07, 6.45) is 19.3. The third kappa shape index (κ3) is 16.8. The molecule has 0 aromatic heterocycles. The van der Waals surface area contributed by atoms with Crippen LogP contribution >= 0.6 is 23.2 Å². The van der Waals surface area contributed by atoms with Crippen LogP contribution in [0, 0.1) is 35.5 Å². The molecule has 2 saturated carbocycles. The Morgan fingerprint density at radius 3 is 1.33 bits per heavy atom. The number of sulfone groups is 2. The first kappa shape index (κ1) is 81.8. The minimum Gasteiger partial charge on any atom is -0.490 e. The van der Waals surface area contributed by atoms with Crippen molar-refractivity contribution in [2.24, 2.45) is 35.5 Å². The summed E-state index contributed by atoms with van der Waals surface area (Å²) in [5.41, 5.74) is 5.16. The quantitative estimate of drug-likeness (QED) is 0.156. The molecule has 4 aliphatic carbocycles. The monoisotopic (exact) mass is 1660 g/mol. The van der Waals surface area contributed by atoms with Crippen LogP contribution in [-0.2, 0) is 72.9 Å². The number of carbonyl (C=O) groups is 2. The van der Waals surface area contributed by atoms with E-state index in [0.717, 1.165) is 112 Å². The van der Waals surface area contributed by atoms with Crippen molar-refractivity contribution in [2.45, 2.75) is 163 Å². The SMILES string of the molecule is CCO[C@]1(CN2CCN3CCS(=O)(=O)C[C@@H]3C2)/C=C/C[C@H](C)[C@@H](C)S(=O)(=O)NC(=O)c2ccc3c(c2)N(C[C@@H]2CC[C@H]21)C[C@@]1(CCCc2cc(Cl)ccc21)CO3.CCO[C@]1(CN2CCN3CCS(=O)(=O)C[C@H]3C2)/C=C/C[C@H](C)[C@@H](C)S(=O)(=O)NC(=O)c2ccc3c(c2)N(C[C@@H]2CC[C@H]21)C[C@@]1(CCCc2cc(Cl)ccc21)CO3. The van der Waals surface area contributed by atoms with Crippen LogP contribution in [-0.4, -0.2) is 240 Å². The Kier molecular flexibility index (Phi) is 23.7. The summed E-state index contributed by atoms with van der Waals surface area (Å²) in [6, 6.07) is 22.9. The van der Waals surface area contributed by atoms with E-state index in [4.69, 9.17) is 42.1 Å². The van der Waals surface area contributed by atoms with Crippen LogP contribution in [0.4, 0.5) is 11.4 Å². The molecule has 2 amide bonds. The van der Waals surface area contributed by atoms with Crippen molar-refractivity contribution < 1.29 is 62.2 Å². The Balaban J connectivity index is 0.000000177. The topological polar surface area (TPSA) is 251 Å². The number of nitrogens with one attached hydrogen (secondary N) is 2. The number of sulfonamides is 2. The smallest absolute Gasteiger partial charge is 0.264 e. The number of amides is 2. The van der Waals surface area contributed by atoms with Crippen molar-refractivity contribution in [2.75, 3.05) is 151 Å². The Bertz CT molecular complexity index is 4460. The van der Waals surface area contributed by atoms with Crippen LogP contribution in [0.1, 0.15) is 149 Å². The van der Waals surface area contributed by atoms with Crippen LogP contribution in [0.5, 0.6) is 11.5 Å². The van der Waals surface area contributed by atoms with Gasteiger partial charge in [-0.15, -0.1) is 0 Å². The standard InChI is InChI=1S/2C42H57ClN4O7S2/c2*1-4-54-42(27-45-17-18-46-19-20-55(49,50)25-35(46)24-45)16-5-7-29(2)30(3)56(51,52)44-40(48)32-10-14-39-38(22-32)47(23-33-9-12-37(33)42)26-41(28-53-39)15-6-8-31-21-34(43)11-13-36(31)41/h2*5,10-11,13-14,16,21-22,29-30,33,35,37H,4,6-9,12,15,17-20,23-28H2,1-3H3,(H,44,48)/b2*16-5+/t29-,30+,33-,35+,37+,41-,42-;29-,30+,33-,35-,37+,41-,42-/m00/s1. The van der Waals surface area contributed by atoms with Gasteiger partial charge in [0.1, 0.15) is 22.7 Å². The highest BCUT2D eigenvalue weighted by molar-refractivity contribution is 7.92. The Morgan fingerprint density at radius 1 is 0.518 bits per heavy atom. The first-order valence-electron chi connectivity index (χ1n) is 41.1. The van der Waals surface area contributed by atoms with E-state index in [-0.39, 0.29) is 92.6 Å². The molecule has 0 radical (unpaired) electrons. The van der Waals surface area contributed by atoms with E-state index in [1.807, 2.05) is 64.1 Å². The van der Waals surface area contributed by atoms with E-state index in [9.17, 15) is 43.3 Å². The van der Waals surface area contributed by atoms with Crippen LogP contribution in [0.2, 0.25) is 10.0 Å². The number of allylic oxidation sites excluding steroid dienone is 2. The lowest BCUT2D eigenvalue weighted by atomic mass is 9.63. The predicted octanol–water partition coefficient (Wildman–Crippen LogP) is 10.1. The van der Waals surface area contributed by atoms with Gasteiger partial charge in [0, 0.05) is 149 Å². The number of ether oxygens (including phenoxy) is 4. The van der Waals surface area contributed by atoms with E-state index < -0.39 is 73.2 Å². The lowest BCUT2D eigenvalue weighted by Crippen LogP contribution is -2.63. The van der Waals surface area contributed by atoms with E-state index in [1.54, 1.807) is 26.0 Å². The lowest BCUT2D eigenvalue weighted by Gasteiger charge is -2.53. The fraction of sp³-hybridized carbons (Fsp3) is 0.643. The highest BCUT2D eigenvalue weighted by Crippen LogP contribution is 2.53. The van der Waals surface area contributed by atoms with E-state index in [2.05, 4.69) is 87.4 Å². The Hall–Kier alpha value is -5.36. The summed E-state index contributed by atoms with van der Waals surface area (Å²) >= 11 is 13.0. The number of nitrogens with zero attached hydrogens (tertiary/aromatic N) is 6. The van der Waals surface area contributed by atoms with Gasteiger partial charge in [-0.3, -0.25) is 29.2 Å². The summed E-state index contributed by atoms with van der Waals surface area (Å²) in [5, 5.41) is -0.212. The molecular formula is C84H114Cl2N8O14S4. The maximum Gasteiger partial charge on any atom is 0.264 e. The van der Waals surface area contributed by atoms with Crippen molar-refractivity contribution >= 4 is 86.1 Å². The third-order valence-electron chi connectivity index (χ3n) is 27.9. The summed E-state index contributed by atoms with van der Waals surface area (Å²) < 4.78 is 138.